The first kappa shape index (κ1) is 19.4. The maximum absolute atomic E-state index is 13.2. The zero-order valence-corrected chi connectivity index (χ0v) is 15.9. The summed E-state index contributed by atoms with van der Waals surface area (Å²) in [6.45, 7) is 0.177. The Labute approximate surface area is 164 Å². The molecule has 1 atom stereocenters. The summed E-state index contributed by atoms with van der Waals surface area (Å²) in [4.78, 5) is 12.0. The van der Waals surface area contributed by atoms with Gasteiger partial charge < -0.3 is 15.9 Å². The van der Waals surface area contributed by atoms with E-state index in [1.54, 1.807) is 19.2 Å². The second-order valence-electron chi connectivity index (χ2n) is 6.09. The average molecular weight is 411 g/mol. The lowest BCUT2D eigenvalue weighted by atomic mass is 9.88. The molecule has 1 aromatic carbocycles. The second-order valence-corrected chi connectivity index (χ2v) is 6.84. The Hall–Kier alpha value is -2.35. The Morgan fingerprint density at radius 1 is 1.33 bits per heavy atom. The van der Waals surface area contributed by atoms with Crippen LogP contribution in [0.2, 0.25) is 10.2 Å². The smallest absolute Gasteiger partial charge is 0.284 e. The predicted molar refractivity (Wildman–Crippen MR) is 101 cm³/mol. The van der Waals surface area contributed by atoms with Crippen LogP contribution in [0.15, 0.2) is 34.9 Å². The molecule has 27 heavy (non-hydrogen) atoms. The quantitative estimate of drug-likeness (QED) is 0.648. The van der Waals surface area contributed by atoms with Crippen molar-refractivity contribution in [2.45, 2.75) is 12.3 Å². The number of aromatic nitrogens is 2. The van der Waals surface area contributed by atoms with Gasteiger partial charge in [0.25, 0.3) is 5.91 Å². The van der Waals surface area contributed by atoms with Gasteiger partial charge in [0, 0.05) is 18.5 Å². The van der Waals surface area contributed by atoms with Crippen molar-refractivity contribution in [3.8, 4) is 11.3 Å². The fourth-order valence-electron chi connectivity index (χ4n) is 3.11. The molecule has 2 aromatic heterocycles. The topological polar surface area (TPSA) is 100 Å². The highest BCUT2D eigenvalue weighted by Gasteiger charge is 2.31. The number of halogens is 3. The van der Waals surface area contributed by atoms with Gasteiger partial charge in [-0.15, -0.1) is 0 Å². The van der Waals surface area contributed by atoms with E-state index in [-0.39, 0.29) is 29.3 Å². The Morgan fingerprint density at radius 2 is 2.00 bits per heavy atom. The first-order valence-corrected chi connectivity index (χ1v) is 8.83. The lowest BCUT2D eigenvalue weighted by Gasteiger charge is -2.17. The van der Waals surface area contributed by atoms with Gasteiger partial charge in [-0.25, -0.2) is 4.39 Å². The van der Waals surface area contributed by atoms with Crippen molar-refractivity contribution in [2.24, 2.45) is 18.5 Å². The summed E-state index contributed by atoms with van der Waals surface area (Å²) >= 11 is 12.6. The van der Waals surface area contributed by atoms with Crippen LogP contribution in [0.25, 0.3) is 11.3 Å². The number of aryl methyl sites for hydroxylation is 1. The van der Waals surface area contributed by atoms with E-state index in [1.165, 1.54) is 23.0 Å². The average Bonchev–Trinajstić information content (AvgIpc) is 3.13. The molecule has 0 spiro atoms. The molecule has 0 unspecified atom stereocenters. The van der Waals surface area contributed by atoms with Crippen molar-refractivity contribution in [1.29, 1.82) is 0 Å². The van der Waals surface area contributed by atoms with Crippen molar-refractivity contribution in [2.75, 3.05) is 6.54 Å². The molecule has 2 heterocycles. The van der Waals surface area contributed by atoms with Gasteiger partial charge in [-0.05, 0) is 42.3 Å². The molecule has 0 aliphatic carbocycles. The number of hydrogen-bond acceptors (Lipinski definition) is 4. The minimum Gasteiger partial charge on any atom is -0.438 e. The molecule has 9 heteroatoms. The van der Waals surface area contributed by atoms with Crippen LogP contribution in [0.5, 0.6) is 0 Å². The Morgan fingerprint density at radius 3 is 2.52 bits per heavy atom. The molecular weight excluding hydrogens is 394 g/mol. The van der Waals surface area contributed by atoms with Crippen LogP contribution in [0.4, 0.5) is 4.39 Å². The summed E-state index contributed by atoms with van der Waals surface area (Å²) in [5, 5.41) is 4.42. The summed E-state index contributed by atoms with van der Waals surface area (Å²) in [5.74, 6) is -1.55. The number of furan rings is 1. The molecule has 4 N–H and O–H groups in total. The molecule has 0 saturated carbocycles. The molecule has 0 aliphatic heterocycles. The van der Waals surface area contributed by atoms with Gasteiger partial charge >= 0.3 is 0 Å². The van der Waals surface area contributed by atoms with Crippen LogP contribution in [0.1, 0.15) is 27.6 Å². The van der Waals surface area contributed by atoms with Gasteiger partial charge in [0.15, 0.2) is 5.76 Å². The maximum atomic E-state index is 13.2. The first-order valence-electron chi connectivity index (χ1n) is 8.07. The molecular formula is C18H17Cl2FN4O2. The van der Waals surface area contributed by atoms with Gasteiger partial charge in [0.05, 0.1) is 22.5 Å². The fraction of sp³-hybridized carbons (Fsp3) is 0.222. The van der Waals surface area contributed by atoms with E-state index >= 15 is 0 Å². The van der Waals surface area contributed by atoms with Crippen LogP contribution < -0.4 is 11.5 Å². The third-order valence-electron chi connectivity index (χ3n) is 4.35. The van der Waals surface area contributed by atoms with E-state index in [0.717, 1.165) is 5.56 Å². The highest BCUT2D eigenvalue weighted by molar-refractivity contribution is 6.35. The summed E-state index contributed by atoms with van der Waals surface area (Å²) in [6, 6.07) is 6.03. The molecule has 142 valence electrons. The van der Waals surface area contributed by atoms with Crippen LogP contribution in [0.3, 0.4) is 0 Å². The standard InChI is InChI=1S/C18H17Cl2FN4O2/c1-25-15(12(19)8-24-25)14-13(16(18(23)26)27-17(14)20)10(7-22)6-9-2-4-11(21)5-3-9/h2-5,8,10H,6-7,22H2,1H3,(H2,23,26)/t10-/m1/s1. The molecule has 0 bridgehead atoms. The van der Waals surface area contributed by atoms with Crippen LogP contribution in [0, 0.1) is 5.82 Å². The van der Waals surface area contributed by atoms with Crippen LogP contribution in [-0.4, -0.2) is 22.2 Å². The van der Waals surface area contributed by atoms with E-state index < -0.39 is 5.91 Å². The minimum atomic E-state index is -0.769. The van der Waals surface area contributed by atoms with Crippen molar-refractivity contribution >= 4 is 29.1 Å². The summed E-state index contributed by atoms with van der Waals surface area (Å²) < 4.78 is 20.2. The van der Waals surface area contributed by atoms with E-state index in [9.17, 15) is 9.18 Å². The van der Waals surface area contributed by atoms with Gasteiger partial charge in [-0.1, -0.05) is 23.7 Å². The molecule has 0 aliphatic rings. The number of primary amides is 1. The van der Waals surface area contributed by atoms with E-state index in [0.29, 0.717) is 28.3 Å². The number of carbonyl (C=O) groups is 1. The summed E-state index contributed by atoms with van der Waals surface area (Å²) in [5.41, 5.74) is 13.7. The number of rotatable bonds is 6. The van der Waals surface area contributed by atoms with Crippen molar-refractivity contribution in [3.05, 3.63) is 63.4 Å². The van der Waals surface area contributed by atoms with E-state index in [2.05, 4.69) is 5.10 Å². The molecule has 0 fully saturated rings. The Kier molecular flexibility index (Phi) is 5.55. The first-order chi connectivity index (χ1) is 12.8. The zero-order chi connectivity index (χ0) is 19.7. The minimum absolute atomic E-state index is 0.0261. The maximum Gasteiger partial charge on any atom is 0.284 e. The molecule has 1 amide bonds. The third-order valence-corrected chi connectivity index (χ3v) is 4.89. The van der Waals surface area contributed by atoms with Crippen LogP contribution in [-0.2, 0) is 13.5 Å². The van der Waals surface area contributed by atoms with Gasteiger partial charge in [0.2, 0.25) is 5.22 Å². The third kappa shape index (κ3) is 3.71. The summed E-state index contributed by atoms with van der Waals surface area (Å²) in [7, 11) is 1.69. The molecule has 0 radical (unpaired) electrons. The summed E-state index contributed by atoms with van der Waals surface area (Å²) in [6.07, 6.45) is 1.89. The lowest BCUT2D eigenvalue weighted by Crippen LogP contribution is -2.20. The van der Waals surface area contributed by atoms with Gasteiger partial charge in [-0.2, -0.15) is 5.10 Å². The number of carbonyl (C=O) groups excluding carboxylic acids is 1. The SMILES string of the molecule is Cn1ncc(Cl)c1-c1c(Cl)oc(C(N)=O)c1[C@@H](CN)Cc1ccc(F)cc1. The van der Waals surface area contributed by atoms with Crippen molar-refractivity contribution in [3.63, 3.8) is 0 Å². The van der Waals surface area contributed by atoms with E-state index in [4.69, 9.17) is 39.1 Å². The lowest BCUT2D eigenvalue weighted by molar-refractivity contribution is 0.0972. The molecule has 6 nitrogen and oxygen atoms in total. The van der Waals surface area contributed by atoms with Crippen LogP contribution >= 0.6 is 23.2 Å². The van der Waals surface area contributed by atoms with Gasteiger partial charge in [-0.3, -0.25) is 9.48 Å². The Bertz CT molecular complexity index is 963. The fourth-order valence-corrected chi connectivity index (χ4v) is 3.64. The monoisotopic (exact) mass is 410 g/mol. The molecule has 3 rings (SSSR count). The highest BCUT2D eigenvalue weighted by Crippen LogP contribution is 2.43. The number of nitrogens with two attached hydrogens (primary N) is 2. The highest BCUT2D eigenvalue weighted by atomic mass is 35.5. The molecule has 0 saturated heterocycles. The number of nitrogens with zero attached hydrogens (tertiary/aromatic N) is 2. The number of hydrogen-bond donors (Lipinski definition) is 2. The zero-order valence-electron chi connectivity index (χ0n) is 14.4. The normalized spacial score (nSPS) is 12.3. The largest absolute Gasteiger partial charge is 0.438 e. The predicted octanol–water partition coefficient (Wildman–Crippen LogP) is 3.51. The Balaban J connectivity index is 2.16. The van der Waals surface area contributed by atoms with Gasteiger partial charge in [0.1, 0.15) is 5.82 Å². The van der Waals surface area contributed by atoms with Crippen molar-refractivity contribution < 1.29 is 13.6 Å². The number of benzene rings is 1. The second kappa shape index (κ2) is 7.72. The van der Waals surface area contributed by atoms with Crippen molar-refractivity contribution in [1.82, 2.24) is 9.78 Å². The number of amides is 1. The molecule has 3 aromatic rings. The van der Waals surface area contributed by atoms with E-state index in [1.807, 2.05) is 0 Å².